The maximum atomic E-state index is 12.5. The van der Waals surface area contributed by atoms with E-state index in [4.69, 9.17) is 0 Å². The number of nitrogens with one attached hydrogen (secondary N) is 1. The van der Waals surface area contributed by atoms with Crippen LogP contribution in [0.1, 0.15) is 79.7 Å². The molecule has 11 heteroatoms. The second-order valence-corrected chi connectivity index (χ2v) is 11.5. The van der Waals surface area contributed by atoms with Crippen molar-refractivity contribution in [3.8, 4) is 0 Å². The highest BCUT2D eigenvalue weighted by molar-refractivity contribution is 7.99. The third-order valence-electron chi connectivity index (χ3n) is 7.00. The van der Waals surface area contributed by atoms with Crippen LogP contribution < -0.4 is 11.1 Å². The fraction of sp³-hybridized carbons (Fsp3) is 0.500. The Bertz CT molecular complexity index is 1280. The SMILES string of the molecule is CCSc1ccc(CNC(=O)c2ccc3c(c2)nc(C)n3C2CC2)cc1.COC(N)=O.FC(F)(F)C1CCCCC1. The molecule has 2 fully saturated rings. The van der Waals surface area contributed by atoms with E-state index >= 15 is 0 Å². The standard InChI is InChI=1S/C21H23N3OS.C7H11F3.C2H5NO2/c1-3-26-18-9-4-15(5-10-18)13-22-21(25)16-6-11-20-19(12-16)23-14(2)24(20)17-7-8-17;8-7(9,10)6-4-2-1-3-5-6;1-5-2(3)4/h4-6,9-12,17H,3,7-8,13H2,1-2H3,(H,22,25);6H,1-5H2;1H3,(H2,3,4). The molecule has 0 atom stereocenters. The summed E-state index contributed by atoms with van der Waals surface area (Å²) < 4.78 is 42.0. The molecule has 7 nitrogen and oxygen atoms in total. The molecular formula is C30H39F3N4O3S. The molecule has 0 unspecified atom stereocenters. The number of methoxy groups -OCH3 is 1. The molecule has 0 aliphatic heterocycles. The van der Waals surface area contributed by atoms with Gasteiger partial charge in [-0.3, -0.25) is 4.79 Å². The Morgan fingerprint density at radius 3 is 2.22 bits per heavy atom. The summed E-state index contributed by atoms with van der Waals surface area (Å²) in [5.41, 5.74) is 8.23. The van der Waals surface area contributed by atoms with Crippen LogP contribution in [0.25, 0.3) is 11.0 Å². The van der Waals surface area contributed by atoms with Crippen molar-refractivity contribution in [2.45, 2.75) is 82.5 Å². The molecule has 0 bridgehead atoms. The average Bonchev–Trinajstić information content (AvgIpc) is 3.74. The Hall–Kier alpha value is -3.21. The maximum Gasteiger partial charge on any atom is 0.404 e. The number of imidazole rings is 1. The van der Waals surface area contributed by atoms with Crippen LogP contribution in [0.5, 0.6) is 0 Å². The molecule has 2 aromatic carbocycles. The highest BCUT2D eigenvalue weighted by Gasteiger charge is 2.39. The number of carbonyl (C=O) groups excluding carboxylic acids is 2. The van der Waals surface area contributed by atoms with Crippen molar-refractivity contribution in [1.82, 2.24) is 14.9 Å². The molecule has 2 amide bonds. The first-order valence-corrected chi connectivity index (χ1v) is 14.9. The van der Waals surface area contributed by atoms with Gasteiger partial charge in [-0.2, -0.15) is 13.2 Å². The monoisotopic (exact) mass is 592 g/mol. The van der Waals surface area contributed by atoms with E-state index in [2.05, 4.69) is 56.5 Å². The second kappa shape index (κ2) is 15.1. The number of nitrogens with zero attached hydrogens (tertiary/aromatic N) is 2. The lowest BCUT2D eigenvalue weighted by Crippen LogP contribution is -2.24. The molecule has 1 heterocycles. The Labute approximate surface area is 243 Å². The number of carbonyl (C=O) groups is 2. The van der Waals surface area contributed by atoms with Gasteiger partial charge in [-0.25, -0.2) is 9.78 Å². The van der Waals surface area contributed by atoms with Gasteiger partial charge >= 0.3 is 12.3 Å². The van der Waals surface area contributed by atoms with Gasteiger partial charge in [-0.1, -0.05) is 38.3 Å². The summed E-state index contributed by atoms with van der Waals surface area (Å²) in [6.45, 7) is 4.72. The van der Waals surface area contributed by atoms with E-state index in [9.17, 15) is 22.8 Å². The molecule has 0 saturated heterocycles. The first-order valence-electron chi connectivity index (χ1n) is 13.9. The number of amides is 2. The number of aromatic nitrogens is 2. The minimum atomic E-state index is -3.93. The van der Waals surface area contributed by atoms with Crippen LogP contribution in [0, 0.1) is 12.8 Å². The molecular weight excluding hydrogens is 553 g/mol. The molecule has 2 saturated carbocycles. The van der Waals surface area contributed by atoms with Gasteiger partial charge in [0.05, 0.1) is 24.1 Å². The summed E-state index contributed by atoms with van der Waals surface area (Å²) in [5.74, 6) is 1.04. The summed E-state index contributed by atoms with van der Waals surface area (Å²) in [7, 11) is 1.22. The van der Waals surface area contributed by atoms with E-state index in [1.54, 1.807) is 0 Å². The molecule has 3 aromatic rings. The second-order valence-electron chi connectivity index (χ2n) is 10.1. The van der Waals surface area contributed by atoms with Crippen molar-refractivity contribution >= 4 is 34.8 Å². The maximum absolute atomic E-state index is 12.5. The molecule has 3 N–H and O–H groups in total. The number of hydrogen-bond acceptors (Lipinski definition) is 5. The number of alkyl halides is 3. The van der Waals surface area contributed by atoms with Crippen molar-refractivity contribution in [2.24, 2.45) is 11.7 Å². The molecule has 41 heavy (non-hydrogen) atoms. The molecule has 2 aliphatic rings. The number of hydrogen-bond donors (Lipinski definition) is 2. The minimum Gasteiger partial charge on any atom is -0.453 e. The smallest absolute Gasteiger partial charge is 0.404 e. The quantitative estimate of drug-likeness (QED) is 0.288. The normalized spacial score (nSPS) is 15.3. The predicted octanol–water partition coefficient (Wildman–Crippen LogP) is 7.56. The largest absolute Gasteiger partial charge is 0.453 e. The van der Waals surface area contributed by atoms with Crippen LogP contribution in [0.3, 0.4) is 0 Å². The zero-order chi connectivity index (χ0) is 30.0. The summed E-state index contributed by atoms with van der Waals surface area (Å²) in [6.07, 6.45) is 0.965. The van der Waals surface area contributed by atoms with E-state index < -0.39 is 18.2 Å². The third kappa shape index (κ3) is 9.98. The highest BCUT2D eigenvalue weighted by Crippen LogP contribution is 2.39. The number of benzene rings is 2. The third-order valence-corrected chi connectivity index (χ3v) is 7.89. The lowest BCUT2D eigenvalue weighted by atomic mass is 9.89. The Morgan fingerprint density at radius 2 is 1.71 bits per heavy atom. The summed E-state index contributed by atoms with van der Waals surface area (Å²) in [6, 6.07) is 14.8. The first-order chi connectivity index (χ1) is 19.5. The van der Waals surface area contributed by atoms with Crippen LogP contribution in [-0.4, -0.2) is 40.6 Å². The van der Waals surface area contributed by atoms with E-state index in [-0.39, 0.29) is 5.91 Å². The van der Waals surface area contributed by atoms with Gasteiger partial charge in [-0.05, 0) is 74.3 Å². The Morgan fingerprint density at radius 1 is 1.07 bits per heavy atom. The van der Waals surface area contributed by atoms with E-state index in [1.807, 2.05) is 36.9 Å². The van der Waals surface area contributed by atoms with Crippen molar-refractivity contribution in [3.63, 3.8) is 0 Å². The Kier molecular flexibility index (Phi) is 11.9. The van der Waals surface area contributed by atoms with E-state index in [1.165, 1.54) is 24.8 Å². The highest BCUT2D eigenvalue weighted by atomic mass is 32.2. The van der Waals surface area contributed by atoms with Crippen molar-refractivity contribution in [3.05, 3.63) is 59.4 Å². The number of fused-ring (bicyclic) bond motifs is 1. The van der Waals surface area contributed by atoms with Gasteiger partial charge in [0.2, 0.25) is 0 Å². The van der Waals surface area contributed by atoms with Gasteiger partial charge in [0.1, 0.15) is 5.82 Å². The zero-order valence-corrected chi connectivity index (χ0v) is 24.6. The average molecular weight is 593 g/mol. The van der Waals surface area contributed by atoms with Crippen LogP contribution in [0.4, 0.5) is 18.0 Å². The van der Waals surface area contributed by atoms with Crippen molar-refractivity contribution < 1.29 is 27.5 Å². The zero-order valence-electron chi connectivity index (χ0n) is 23.8. The fourth-order valence-corrected chi connectivity index (χ4v) is 5.40. The number of thioether (sulfide) groups is 1. The lowest BCUT2D eigenvalue weighted by molar-refractivity contribution is -0.181. The molecule has 1 aromatic heterocycles. The number of ether oxygens (including phenoxy) is 1. The van der Waals surface area contributed by atoms with Gasteiger partial charge < -0.3 is 20.4 Å². The first kappa shape index (κ1) is 32.3. The van der Waals surface area contributed by atoms with Gasteiger partial charge in [-0.15, -0.1) is 11.8 Å². The van der Waals surface area contributed by atoms with Crippen LogP contribution in [0.2, 0.25) is 0 Å². The van der Waals surface area contributed by atoms with Crippen LogP contribution >= 0.6 is 11.8 Å². The van der Waals surface area contributed by atoms with Gasteiger partial charge in [0, 0.05) is 23.0 Å². The van der Waals surface area contributed by atoms with Crippen LogP contribution in [-0.2, 0) is 11.3 Å². The number of halogens is 3. The number of nitrogens with two attached hydrogens (primary N) is 1. The number of primary amides is 1. The summed E-state index contributed by atoms with van der Waals surface area (Å²) >= 11 is 1.82. The molecule has 2 aliphatic carbocycles. The van der Waals surface area contributed by atoms with Crippen LogP contribution in [0.15, 0.2) is 47.4 Å². The topological polar surface area (TPSA) is 99.2 Å². The van der Waals surface area contributed by atoms with E-state index in [0.29, 0.717) is 31.0 Å². The predicted molar refractivity (Wildman–Crippen MR) is 156 cm³/mol. The minimum absolute atomic E-state index is 0.0578. The number of rotatable bonds is 6. The van der Waals surface area contributed by atoms with Crippen molar-refractivity contribution in [2.75, 3.05) is 12.9 Å². The van der Waals surface area contributed by atoms with Crippen molar-refractivity contribution in [1.29, 1.82) is 0 Å². The van der Waals surface area contributed by atoms with Gasteiger partial charge in [0.25, 0.3) is 5.91 Å². The Balaban J connectivity index is 0.000000254. The summed E-state index contributed by atoms with van der Waals surface area (Å²) in [5, 5.41) is 3.01. The van der Waals surface area contributed by atoms with E-state index in [0.717, 1.165) is 47.4 Å². The molecule has 5 rings (SSSR count). The van der Waals surface area contributed by atoms with Gasteiger partial charge in [0.15, 0.2) is 0 Å². The fourth-order valence-electron chi connectivity index (χ4n) is 4.74. The molecule has 0 radical (unpaired) electrons. The number of aryl methyl sites for hydroxylation is 1. The molecule has 0 spiro atoms. The molecule has 224 valence electrons. The lowest BCUT2D eigenvalue weighted by Gasteiger charge is -2.23. The summed E-state index contributed by atoms with van der Waals surface area (Å²) in [4.78, 5) is 27.8.